The molecular weight excluding hydrogens is 276 g/mol. The summed E-state index contributed by atoms with van der Waals surface area (Å²) in [5, 5.41) is 10.8. The average molecular weight is 295 g/mol. The number of alkyl carbamates (subject to hydrolysis) is 1. The SMILES string of the molecule is CC(C)(C)OC(=O)NC1(CC(F)(F)C(=O)O)CCOC1. The zero-order valence-electron chi connectivity index (χ0n) is 11.7. The zero-order chi connectivity index (χ0) is 15.6. The normalized spacial score (nSPS) is 23.4. The van der Waals surface area contributed by atoms with Crippen LogP contribution in [0.1, 0.15) is 33.6 Å². The number of carboxylic acids is 1. The maximum Gasteiger partial charge on any atom is 0.408 e. The largest absolute Gasteiger partial charge is 0.477 e. The van der Waals surface area contributed by atoms with E-state index in [2.05, 4.69) is 5.32 Å². The van der Waals surface area contributed by atoms with Gasteiger partial charge in [-0.1, -0.05) is 0 Å². The summed E-state index contributed by atoms with van der Waals surface area (Å²) in [7, 11) is 0. The Bertz CT molecular complexity index is 386. The molecule has 1 fully saturated rings. The van der Waals surface area contributed by atoms with Crippen LogP contribution in [0.5, 0.6) is 0 Å². The van der Waals surface area contributed by atoms with Crippen molar-refractivity contribution in [1.29, 1.82) is 0 Å². The van der Waals surface area contributed by atoms with Crippen LogP contribution in [0.25, 0.3) is 0 Å². The van der Waals surface area contributed by atoms with Crippen LogP contribution in [0, 0.1) is 0 Å². The molecule has 1 heterocycles. The van der Waals surface area contributed by atoms with E-state index in [1.54, 1.807) is 20.8 Å². The number of nitrogens with one attached hydrogen (secondary N) is 1. The number of amides is 1. The zero-order valence-corrected chi connectivity index (χ0v) is 11.7. The lowest BCUT2D eigenvalue weighted by Crippen LogP contribution is -2.54. The van der Waals surface area contributed by atoms with Crippen molar-refractivity contribution in [3.63, 3.8) is 0 Å². The number of carboxylic acid groups (broad SMARTS) is 1. The van der Waals surface area contributed by atoms with Gasteiger partial charge in [0.05, 0.1) is 12.1 Å². The maximum absolute atomic E-state index is 13.4. The van der Waals surface area contributed by atoms with Gasteiger partial charge in [0.25, 0.3) is 0 Å². The molecule has 1 saturated heterocycles. The lowest BCUT2D eigenvalue weighted by molar-refractivity contribution is -0.168. The predicted molar refractivity (Wildman–Crippen MR) is 64.7 cm³/mol. The monoisotopic (exact) mass is 295 g/mol. The smallest absolute Gasteiger partial charge is 0.408 e. The molecular formula is C12H19F2NO5. The second kappa shape index (κ2) is 5.51. The Morgan fingerprint density at radius 2 is 2.00 bits per heavy atom. The highest BCUT2D eigenvalue weighted by Gasteiger charge is 2.50. The molecule has 1 aliphatic rings. The maximum atomic E-state index is 13.4. The molecule has 8 heteroatoms. The molecule has 1 unspecified atom stereocenters. The van der Waals surface area contributed by atoms with E-state index in [4.69, 9.17) is 14.6 Å². The van der Waals surface area contributed by atoms with Crippen LogP contribution in [0.15, 0.2) is 0 Å². The molecule has 0 aromatic carbocycles. The summed E-state index contributed by atoms with van der Waals surface area (Å²) in [5.74, 6) is -6.17. The van der Waals surface area contributed by atoms with Crippen LogP contribution in [-0.2, 0) is 14.3 Å². The highest BCUT2D eigenvalue weighted by molar-refractivity contribution is 5.76. The molecule has 0 saturated carbocycles. The van der Waals surface area contributed by atoms with Crippen LogP contribution in [0.3, 0.4) is 0 Å². The Morgan fingerprint density at radius 3 is 2.40 bits per heavy atom. The number of carbonyl (C=O) groups excluding carboxylic acids is 1. The lowest BCUT2D eigenvalue weighted by Gasteiger charge is -2.32. The number of halogens is 2. The number of alkyl halides is 2. The molecule has 1 rings (SSSR count). The summed E-state index contributed by atoms with van der Waals surface area (Å²) < 4.78 is 36.8. The fraction of sp³-hybridized carbons (Fsp3) is 0.833. The first-order valence-electron chi connectivity index (χ1n) is 6.16. The number of ether oxygens (including phenoxy) is 2. The van der Waals surface area contributed by atoms with Crippen molar-refractivity contribution in [2.45, 2.75) is 50.7 Å². The first-order chi connectivity index (χ1) is 8.96. The Balaban J connectivity index is 2.78. The van der Waals surface area contributed by atoms with Crippen molar-refractivity contribution >= 4 is 12.1 Å². The van der Waals surface area contributed by atoms with Crippen LogP contribution in [-0.4, -0.2) is 47.4 Å². The third-order valence-electron chi connectivity index (χ3n) is 2.74. The molecule has 2 N–H and O–H groups in total. The van der Waals surface area contributed by atoms with E-state index in [1.807, 2.05) is 0 Å². The average Bonchev–Trinajstić information content (AvgIpc) is 2.61. The Labute approximate surface area is 115 Å². The Kier molecular flexibility index (Phi) is 4.58. The van der Waals surface area contributed by atoms with Crippen LogP contribution < -0.4 is 5.32 Å². The summed E-state index contributed by atoms with van der Waals surface area (Å²) in [5.41, 5.74) is -2.20. The second-order valence-electron chi connectivity index (χ2n) is 5.90. The molecule has 116 valence electrons. The highest BCUT2D eigenvalue weighted by Crippen LogP contribution is 2.32. The van der Waals surface area contributed by atoms with Gasteiger partial charge in [-0.3, -0.25) is 0 Å². The summed E-state index contributed by atoms with van der Waals surface area (Å²) >= 11 is 0. The quantitative estimate of drug-likeness (QED) is 0.826. The van der Waals surface area contributed by atoms with Crippen LogP contribution in [0.2, 0.25) is 0 Å². The van der Waals surface area contributed by atoms with Gasteiger partial charge in [-0.2, -0.15) is 8.78 Å². The number of hydrogen-bond donors (Lipinski definition) is 2. The summed E-state index contributed by atoms with van der Waals surface area (Å²) in [6.45, 7) is 4.91. The van der Waals surface area contributed by atoms with Gasteiger partial charge in [0.15, 0.2) is 0 Å². The third-order valence-corrected chi connectivity index (χ3v) is 2.74. The van der Waals surface area contributed by atoms with Gasteiger partial charge in [0, 0.05) is 13.0 Å². The van der Waals surface area contributed by atoms with Gasteiger partial charge in [0.1, 0.15) is 5.60 Å². The molecule has 0 aromatic heterocycles. The van der Waals surface area contributed by atoms with E-state index in [0.29, 0.717) is 0 Å². The summed E-state index contributed by atoms with van der Waals surface area (Å²) in [6.07, 6.45) is -1.80. The molecule has 0 spiro atoms. The predicted octanol–water partition coefficient (Wildman–Crippen LogP) is 1.78. The van der Waals surface area contributed by atoms with Gasteiger partial charge in [-0.25, -0.2) is 9.59 Å². The van der Waals surface area contributed by atoms with Gasteiger partial charge in [-0.05, 0) is 27.2 Å². The first kappa shape index (κ1) is 16.6. The van der Waals surface area contributed by atoms with Crippen LogP contribution >= 0.6 is 0 Å². The fourth-order valence-electron chi connectivity index (χ4n) is 1.91. The minimum Gasteiger partial charge on any atom is -0.477 e. The van der Waals surface area contributed by atoms with E-state index < -0.39 is 35.5 Å². The summed E-state index contributed by atoms with van der Waals surface area (Å²) in [6, 6.07) is 0. The van der Waals surface area contributed by atoms with E-state index in [0.717, 1.165) is 0 Å². The molecule has 1 aliphatic heterocycles. The Morgan fingerprint density at radius 1 is 1.40 bits per heavy atom. The van der Waals surface area contributed by atoms with Gasteiger partial charge < -0.3 is 19.9 Å². The molecule has 20 heavy (non-hydrogen) atoms. The van der Waals surface area contributed by atoms with Gasteiger partial charge in [0.2, 0.25) is 0 Å². The van der Waals surface area contributed by atoms with E-state index in [1.165, 1.54) is 0 Å². The van der Waals surface area contributed by atoms with Crippen molar-refractivity contribution in [2.24, 2.45) is 0 Å². The van der Waals surface area contributed by atoms with Crippen molar-refractivity contribution in [3.8, 4) is 0 Å². The van der Waals surface area contributed by atoms with E-state index in [9.17, 15) is 18.4 Å². The number of rotatable bonds is 4. The van der Waals surface area contributed by atoms with E-state index in [-0.39, 0.29) is 19.6 Å². The molecule has 1 atom stereocenters. The molecule has 0 radical (unpaired) electrons. The highest BCUT2D eigenvalue weighted by atomic mass is 19.3. The van der Waals surface area contributed by atoms with Gasteiger partial charge in [-0.15, -0.1) is 0 Å². The molecule has 6 nitrogen and oxygen atoms in total. The minimum absolute atomic E-state index is 0.106. The minimum atomic E-state index is -3.94. The summed E-state index contributed by atoms with van der Waals surface area (Å²) in [4.78, 5) is 22.2. The Hall–Kier alpha value is -1.44. The lowest BCUT2D eigenvalue weighted by atomic mass is 9.91. The molecule has 0 bridgehead atoms. The first-order valence-corrected chi connectivity index (χ1v) is 6.16. The molecule has 1 amide bonds. The molecule has 0 aromatic rings. The third kappa shape index (κ3) is 4.59. The number of hydrogen-bond acceptors (Lipinski definition) is 4. The van der Waals surface area contributed by atoms with Crippen LogP contribution in [0.4, 0.5) is 13.6 Å². The van der Waals surface area contributed by atoms with E-state index >= 15 is 0 Å². The topological polar surface area (TPSA) is 84.9 Å². The molecule has 0 aliphatic carbocycles. The van der Waals surface area contributed by atoms with Crippen molar-refractivity contribution < 1.29 is 33.0 Å². The fourth-order valence-corrected chi connectivity index (χ4v) is 1.91. The van der Waals surface area contributed by atoms with Crippen molar-refractivity contribution in [2.75, 3.05) is 13.2 Å². The van der Waals surface area contributed by atoms with Crippen molar-refractivity contribution in [1.82, 2.24) is 5.32 Å². The van der Waals surface area contributed by atoms with Crippen molar-refractivity contribution in [3.05, 3.63) is 0 Å². The number of carbonyl (C=O) groups is 2. The van der Waals surface area contributed by atoms with Gasteiger partial charge >= 0.3 is 18.0 Å². The standard InChI is InChI=1S/C12H19F2NO5/c1-10(2,3)20-9(18)15-11(4-5-19-7-11)6-12(13,14)8(16)17/h4-7H2,1-3H3,(H,15,18)(H,16,17). The number of aliphatic carboxylic acids is 1. The second-order valence-corrected chi connectivity index (χ2v) is 5.90.